The number of ether oxygens (including phenoxy) is 2. The Morgan fingerprint density at radius 2 is 2.07 bits per heavy atom. The van der Waals surface area contributed by atoms with E-state index >= 15 is 0 Å². The fraction of sp³-hybridized carbons (Fsp3) is 0.650. The molecule has 0 unspecified atom stereocenters. The van der Waals surface area contributed by atoms with Gasteiger partial charge in [-0.05, 0) is 44.7 Å². The number of amides is 1. The first-order valence-electron chi connectivity index (χ1n) is 9.92. The summed E-state index contributed by atoms with van der Waals surface area (Å²) in [5.74, 6) is 0.361. The van der Waals surface area contributed by atoms with E-state index in [1.54, 1.807) is 11.8 Å². The minimum atomic E-state index is -0.102. The maximum Gasteiger partial charge on any atom is 0.258 e. The predicted octanol–water partition coefficient (Wildman–Crippen LogP) is 1.58. The smallest absolute Gasteiger partial charge is 0.258 e. The van der Waals surface area contributed by atoms with Crippen LogP contribution in [-0.2, 0) is 16.6 Å². The summed E-state index contributed by atoms with van der Waals surface area (Å²) in [5, 5.41) is 8.35. The van der Waals surface area contributed by atoms with Gasteiger partial charge in [0.1, 0.15) is 0 Å². The molecule has 0 spiro atoms. The number of aromatic nitrogens is 3. The number of pyridine rings is 1. The van der Waals surface area contributed by atoms with Gasteiger partial charge in [0.25, 0.3) is 5.91 Å². The normalized spacial score (nSPS) is 15.9. The van der Waals surface area contributed by atoms with Crippen molar-refractivity contribution in [3.8, 4) is 5.88 Å². The molecule has 2 aromatic rings. The lowest BCUT2D eigenvalue weighted by Crippen LogP contribution is -2.46. The summed E-state index contributed by atoms with van der Waals surface area (Å²) in [4.78, 5) is 19.3. The van der Waals surface area contributed by atoms with E-state index in [1.165, 1.54) is 0 Å². The van der Waals surface area contributed by atoms with Gasteiger partial charge in [-0.2, -0.15) is 0 Å². The highest BCUT2D eigenvalue weighted by molar-refractivity contribution is 5.85. The number of nitrogens with zero attached hydrogens (tertiary/aromatic N) is 4. The third kappa shape index (κ3) is 4.99. The number of aryl methyl sites for hydroxylation is 3. The zero-order chi connectivity index (χ0) is 20.1. The van der Waals surface area contributed by atoms with Crippen LogP contribution in [0.5, 0.6) is 5.88 Å². The van der Waals surface area contributed by atoms with Crippen LogP contribution in [0.25, 0.3) is 11.0 Å². The molecule has 8 nitrogen and oxygen atoms in total. The second-order valence-electron chi connectivity index (χ2n) is 7.53. The van der Waals surface area contributed by atoms with Crippen molar-refractivity contribution >= 4 is 16.9 Å². The molecule has 0 aromatic carbocycles. The van der Waals surface area contributed by atoms with Gasteiger partial charge in [-0.15, -0.1) is 5.10 Å². The fourth-order valence-electron chi connectivity index (χ4n) is 3.79. The van der Waals surface area contributed by atoms with Gasteiger partial charge in [-0.25, -0.2) is 9.67 Å². The maximum absolute atomic E-state index is 12.3. The molecule has 28 heavy (non-hydrogen) atoms. The Kier molecular flexibility index (Phi) is 6.85. The molecule has 0 aliphatic carbocycles. The number of carbonyl (C=O) groups is 1. The molecule has 154 valence electrons. The van der Waals surface area contributed by atoms with Crippen LogP contribution in [0.3, 0.4) is 0 Å². The SMILES string of the molecule is COCCCN1CCC(NC(=O)COc2nn(C)c3nc(C)cc(C)c23)CC1. The number of carbonyl (C=O) groups excluding carboxylic acids is 1. The number of nitrogens with one attached hydrogen (secondary N) is 1. The Balaban J connectivity index is 1.49. The quantitative estimate of drug-likeness (QED) is 0.691. The molecule has 1 saturated heterocycles. The number of fused-ring (bicyclic) bond motifs is 1. The summed E-state index contributed by atoms with van der Waals surface area (Å²) in [6.45, 7) is 7.78. The lowest BCUT2D eigenvalue weighted by molar-refractivity contribution is -0.124. The Morgan fingerprint density at radius 1 is 1.32 bits per heavy atom. The average Bonchev–Trinajstić information content (AvgIpc) is 2.98. The monoisotopic (exact) mass is 389 g/mol. The zero-order valence-electron chi connectivity index (χ0n) is 17.3. The van der Waals surface area contributed by atoms with Gasteiger partial charge in [0.05, 0.1) is 5.39 Å². The molecular formula is C20H31N5O3. The minimum absolute atomic E-state index is 0.0342. The van der Waals surface area contributed by atoms with Crippen LogP contribution in [0.15, 0.2) is 6.07 Å². The highest BCUT2D eigenvalue weighted by Gasteiger charge is 2.21. The molecular weight excluding hydrogens is 358 g/mol. The van der Waals surface area contributed by atoms with E-state index < -0.39 is 0 Å². The minimum Gasteiger partial charge on any atom is -0.466 e. The Hall–Kier alpha value is -2.19. The highest BCUT2D eigenvalue weighted by atomic mass is 16.5. The van der Waals surface area contributed by atoms with E-state index in [0.29, 0.717) is 5.88 Å². The van der Waals surface area contributed by atoms with Gasteiger partial charge < -0.3 is 19.7 Å². The van der Waals surface area contributed by atoms with Gasteiger partial charge in [0, 0.05) is 52.1 Å². The molecule has 8 heteroatoms. The van der Waals surface area contributed by atoms with Crippen molar-refractivity contribution in [2.75, 3.05) is 40.0 Å². The molecule has 1 aliphatic rings. The number of hydrogen-bond acceptors (Lipinski definition) is 6. The highest BCUT2D eigenvalue weighted by Crippen LogP contribution is 2.27. The maximum atomic E-state index is 12.3. The van der Waals surface area contributed by atoms with Gasteiger partial charge in [-0.1, -0.05) is 0 Å². The second kappa shape index (κ2) is 9.34. The molecule has 3 heterocycles. The van der Waals surface area contributed by atoms with Crippen LogP contribution in [0.2, 0.25) is 0 Å². The van der Waals surface area contributed by atoms with Crippen LogP contribution in [0.1, 0.15) is 30.5 Å². The van der Waals surface area contributed by atoms with Crippen molar-refractivity contribution < 1.29 is 14.3 Å². The van der Waals surface area contributed by atoms with Crippen molar-refractivity contribution in [2.45, 2.75) is 39.2 Å². The number of rotatable bonds is 8. The predicted molar refractivity (Wildman–Crippen MR) is 108 cm³/mol. The Bertz CT molecular complexity index is 812. The molecule has 1 aliphatic heterocycles. The standard InChI is InChI=1S/C20H31N5O3/c1-14-12-15(2)21-19-18(14)20(23-24(19)3)28-13-17(26)22-16-6-9-25(10-7-16)8-5-11-27-4/h12,16H,5-11,13H2,1-4H3,(H,22,26). The molecule has 0 radical (unpaired) electrons. The van der Waals surface area contributed by atoms with E-state index in [2.05, 4.69) is 20.3 Å². The number of methoxy groups -OCH3 is 1. The molecule has 3 rings (SSSR count). The van der Waals surface area contributed by atoms with Crippen LogP contribution in [0.4, 0.5) is 0 Å². The third-order valence-corrected chi connectivity index (χ3v) is 5.20. The summed E-state index contributed by atoms with van der Waals surface area (Å²) in [6.07, 6.45) is 2.98. The van der Waals surface area contributed by atoms with Crippen molar-refractivity contribution in [1.82, 2.24) is 25.0 Å². The third-order valence-electron chi connectivity index (χ3n) is 5.20. The number of likely N-dealkylation sites (tertiary alicyclic amines) is 1. The molecule has 0 saturated carbocycles. The topological polar surface area (TPSA) is 81.5 Å². The summed E-state index contributed by atoms with van der Waals surface area (Å²) in [6, 6.07) is 2.21. The first-order valence-corrected chi connectivity index (χ1v) is 9.92. The van der Waals surface area contributed by atoms with E-state index in [0.717, 1.165) is 67.8 Å². The molecule has 1 N–H and O–H groups in total. The first-order chi connectivity index (χ1) is 13.5. The summed E-state index contributed by atoms with van der Waals surface area (Å²) in [7, 11) is 3.57. The van der Waals surface area contributed by atoms with Crippen LogP contribution >= 0.6 is 0 Å². The van der Waals surface area contributed by atoms with Gasteiger partial charge in [-0.3, -0.25) is 4.79 Å². The second-order valence-corrected chi connectivity index (χ2v) is 7.53. The van der Waals surface area contributed by atoms with Gasteiger partial charge in [0.15, 0.2) is 12.3 Å². The fourth-order valence-corrected chi connectivity index (χ4v) is 3.79. The summed E-state index contributed by atoms with van der Waals surface area (Å²) >= 11 is 0. The first kappa shape index (κ1) is 20.5. The molecule has 0 bridgehead atoms. The lowest BCUT2D eigenvalue weighted by atomic mass is 10.0. The van der Waals surface area contributed by atoms with Gasteiger partial charge in [0.2, 0.25) is 5.88 Å². The Morgan fingerprint density at radius 3 is 2.79 bits per heavy atom. The van der Waals surface area contributed by atoms with Crippen molar-refractivity contribution in [2.24, 2.45) is 7.05 Å². The lowest BCUT2D eigenvalue weighted by Gasteiger charge is -2.32. The van der Waals surface area contributed by atoms with Crippen LogP contribution in [-0.4, -0.2) is 71.6 Å². The van der Waals surface area contributed by atoms with Gasteiger partial charge >= 0.3 is 0 Å². The summed E-state index contributed by atoms with van der Waals surface area (Å²) in [5.41, 5.74) is 2.76. The molecule has 0 atom stereocenters. The van der Waals surface area contributed by atoms with E-state index in [4.69, 9.17) is 9.47 Å². The van der Waals surface area contributed by atoms with E-state index in [-0.39, 0.29) is 18.6 Å². The number of hydrogen-bond donors (Lipinski definition) is 1. The zero-order valence-corrected chi connectivity index (χ0v) is 17.3. The molecule has 1 fully saturated rings. The molecule has 1 amide bonds. The summed E-state index contributed by atoms with van der Waals surface area (Å²) < 4.78 is 12.5. The average molecular weight is 390 g/mol. The van der Waals surface area contributed by atoms with E-state index in [1.807, 2.05) is 27.0 Å². The van der Waals surface area contributed by atoms with Crippen molar-refractivity contribution in [3.63, 3.8) is 0 Å². The largest absolute Gasteiger partial charge is 0.466 e. The van der Waals surface area contributed by atoms with Crippen molar-refractivity contribution in [1.29, 1.82) is 0 Å². The molecule has 2 aromatic heterocycles. The van der Waals surface area contributed by atoms with E-state index in [9.17, 15) is 4.79 Å². The van der Waals surface area contributed by atoms with Crippen LogP contribution < -0.4 is 10.1 Å². The number of piperidine rings is 1. The van der Waals surface area contributed by atoms with Crippen molar-refractivity contribution in [3.05, 3.63) is 17.3 Å². The Labute approximate surface area is 166 Å². The van der Waals surface area contributed by atoms with Crippen LogP contribution in [0, 0.1) is 13.8 Å².